The van der Waals surface area contributed by atoms with Crippen molar-refractivity contribution in [2.75, 3.05) is 13.1 Å². The zero-order chi connectivity index (χ0) is 11.8. The number of benzene rings is 1. The molecule has 2 nitrogen and oxygen atoms in total. The third-order valence-electron chi connectivity index (χ3n) is 3.11. The van der Waals surface area contributed by atoms with Crippen molar-refractivity contribution in [1.29, 1.82) is 0 Å². The molecule has 0 bridgehead atoms. The predicted molar refractivity (Wildman–Crippen MR) is 66.4 cm³/mol. The Morgan fingerprint density at radius 3 is 2.94 bits per heavy atom. The average molecular weight is 231 g/mol. The second-order valence-electron chi connectivity index (χ2n) is 4.41. The van der Waals surface area contributed by atoms with Gasteiger partial charge in [-0.15, -0.1) is 0 Å². The molecule has 0 amide bonds. The van der Waals surface area contributed by atoms with Gasteiger partial charge in [0.25, 0.3) is 0 Å². The van der Waals surface area contributed by atoms with Gasteiger partial charge in [-0.2, -0.15) is 0 Å². The predicted octanol–water partition coefficient (Wildman–Crippen LogP) is 3.26. The molecule has 1 aliphatic heterocycles. The van der Waals surface area contributed by atoms with Crippen LogP contribution < -0.4 is 5.32 Å². The van der Waals surface area contributed by atoms with Crippen LogP contribution in [0.5, 0.6) is 0 Å². The second kappa shape index (κ2) is 4.00. The minimum Gasteiger partial charge on any atom is -0.461 e. The minimum absolute atomic E-state index is 0.201. The van der Waals surface area contributed by atoms with E-state index in [-0.39, 0.29) is 5.82 Å². The Morgan fingerprint density at radius 1 is 1.29 bits per heavy atom. The van der Waals surface area contributed by atoms with E-state index in [9.17, 15) is 4.39 Å². The van der Waals surface area contributed by atoms with Crippen molar-refractivity contribution in [2.45, 2.75) is 13.3 Å². The first-order chi connectivity index (χ1) is 8.24. The lowest BCUT2D eigenvalue weighted by molar-refractivity contribution is 0.575. The lowest BCUT2D eigenvalue weighted by Gasteiger charge is -2.14. The summed E-state index contributed by atoms with van der Waals surface area (Å²) >= 11 is 0. The SMILES string of the molecule is Cc1cc2cc(F)cc(C3=CCNCC3)c2o1. The van der Waals surface area contributed by atoms with Crippen LogP contribution in [-0.2, 0) is 0 Å². The van der Waals surface area contributed by atoms with Crippen LogP contribution in [-0.4, -0.2) is 13.1 Å². The fraction of sp³-hybridized carbons (Fsp3) is 0.286. The standard InChI is InChI=1S/C14H14FNO/c1-9-6-11-7-12(15)8-13(14(11)17-9)10-2-4-16-5-3-10/h2,6-8,16H,3-5H2,1H3. The van der Waals surface area contributed by atoms with Crippen LogP contribution >= 0.6 is 0 Å². The van der Waals surface area contributed by atoms with Crippen LogP contribution in [0.25, 0.3) is 16.5 Å². The van der Waals surface area contributed by atoms with Gasteiger partial charge in [0.05, 0.1) is 0 Å². The maximum atomic E-state index is 13.6. The fourth-order valence-corrected chi connectivity index (χ4v) is 2.35. The zero-order valence-electron chi connectivity index (χ0n) is 9.72. The summed E-state index contributed by atoms with van der Waals surface area (Å²) in [4.78, 5) is 0. The van der Waals surface area contributed by atoms with E-state index >= 15 is 0 Å². The Bertz CT molecular complexity index is 598. The lowest BCUT2D eigenvalue weighted by atomic mass is 9.98. The van der Waals surface area contributed by atoms with Crippen LogP contribution in [0.15, 0.2) is 28.7 Å². The first kappa shape index (κ1) is 10.5. The van der Waals surface area contributed by atoms with Crippen LogP contribution in [0.3, 0.4) is 0 Å². The Balaban J connectivity index is 2.23. The fourth-order valence-electron chi connectivity index (χ4n) is 2.35. The molecule has 17 heavy (non-hydrogen) atoms. The molecule has 0 atom stereocenters. The zero-order valence-corrected chi connectivity index (χ0v) is 9.72. The number of hydrogen-bond donors (Lipinski definition) is 1. The van der Waals surface area contributed by atoms with Gasteiger partial charge in [-0.3, -0.25) is 0 Å². The maximum absolute atomic E-state index is 13.6. The molecule has 3 rings (SSSR count). The Hall–Kier alpha value is -1.61. The van der Waals surface area contributed by atoms with Crippen molar-refractivity contribution in [1.82, 2.24) is 5.32 Å². The molecule has 0 radical (unpaired) electrons. The molecule has 0 saturated carbocycles. The average Bonchev–Trinajstić information content (AvgIpc) is 2.69. The van der Waals surface area contributed by atoms with Crippen molar-refractivity contribution in [3.8, 4) is 0 Å². The van der Waals surface area contributed by atoms with Gasteiger partial charge in [0.1, 0.15) is 17.2 Å². The molecular formula is C14H14FNO. The Labute approximate surface area is 99.1 Å². The Kier molecular flexibility index (Phi) is 2.48. The molecule has 0 unspecified atom stereocenters. The topological polar surface area (TPSA) is 25.2 Å². The van der Waals surface area contributed by atoms with E-state index in [0.717, 1.165) is 41.8 Å². The third-order valence-corrected chi connectivity index (χ3v) is 3.11. The molecule has 0 saturated heterocycles. The highest BCUT2D eigenvalue weighted by molar-refractivity contribution is 5.90. The summed E-state index contributed by atoms with van der Waals surface area (Å²) in [5.74, 6) is 0.620. The number of rotatable bonds is 1. The van der Waals surface area contributed by atoms with Gasteiger partial charge in [-0.1, -0.05) is 6.08 Å². The summed E-state index contributed by atoms with van der Waals surface area (Å²) in [5.41, 5.74) is 2.87. The highest BCUT2D eigenvalue weighted by atomic mass is 19.1. The van der Waals surface area contributed by atoms with Crippen molar-refractivity contribution in [3.63, 3.8) is 0 Å². The number of aryl methyl sites for hydroxylation is 1. The molecule has 1 aliphatic rings. The third kappa shape index (κ3) is 1.87. The van der Waals surface area contributed by atoms with Gasteiger partial charge in [0.15, 0.2) is 0 Å². The number of nitrogens with one attached hydrogen (secondary N) is 1. The number of furan rings is 1. The first-order valence-corrected chi connectivity index (χ1v) is 5.84. The van der Waals surface area contributed by atoms with Gasteiger partial charge < -0.3 is 9.73 Å². The number of fused-ring (bicyclic) bond motifs is 1. The van der Waals surface area contributed by atoms with Crippen molar-refractivity contribution >= 4 is 16.5 Å². The molecular weight excluding hydrogens is 217 g/mol. The summed E-state index contributed by atoms with van der Waals surface area (Å²) in [7, 11) is 0. The van der Waals surface area contributed by atoms with Crippen LogP contribution in [0.4, 0.5) is 4.39 Å². The van der Waals surface area contributed by atoms with E-state index in [4.69, 9.17) is 4.42 Å². The summed E-state index contributed by atoms with van der Waals surface area (Å²) in [6.45, 7) is 3.66. The molecule has 1 aromatic heterocycles. The quantitative estimate of drug-likeness (QED) is 0.815. The van der Waals surface area contributed by atoms with E-state index in [1.54, 1.807) is 6.07 Å². The van der Waals surface area contributed by atoms with E-state index in [2.05, 4.69) is 11.4 Å². The molecule has 2 aromatic rings. The second-order valence-corrected chi connectivity index (χ2v) is 4.41. The van der Waals surface area contributed by atoms with E-state index in [0.29, 0.717) is 0 Å². The van der Waals surface area contributed by atoms with Gasteiger partial charge in [0.2, 0.25) is 0 Å². The summed E-state index contributed by atoms with van der Waals surface area (Å²) < 4.78 is 19.3. The monoisotopic (exact) mass is 231 g/mol. The molecule has 1 N–H and O–H groups in total. The van der Waals surface area contributed by atoms with Gasteiger partial charge >= 0.3 is 0 Å². The molecule has 88 valence electrons. The molecule has 2 heterocycles. The molecule has 0 aliphatic carbocycles. The van der Waals surface area contributed by atoms with Gasteiger partial charge in [-0.05, 0) is 43.7 Å². The lowest BCUT2D eigenvalue weighted by Crippen LogP contribution is -2.20. The smallest absolute Gasteiger partial charge is 0.141 e. The van der Waals surface area contributed by atoms with Crippen molar-refractivity contribution in [2.24, 2.45) is 0 Å². The van der Waals surface area contributed by atoms with E-state index in [1.165, 1.54) is 11.6 Å². The van der Waals surface area contributed by atoms with E-state index < -0.39 is 0 Å². The van der Waals surface area contributed by atoms with Gasteiger partial charge in [0, 0.05) is 17.5 Å². The van der Waals surface area contributed by atoms with Crippen molar-refractivity contribution < 1.29 is 8.81 Å². The number of halogens is 1. The van der Waals surface area contributed by atoms with Crippen LogP contribution in [0.2, 0.25) is 0 Å². The highest BCUT2D eigenvalue weighted by Gasteiger charge is 2.14. The van der Waals surface area contributed by atoms with Crippen LogP contribution in [0.1, 0.15) is 17.7 Å². The molecule has 1 aromatic carbocycles. The minimum atomic E-state index is -0.201. The maximum Gasteiger partial charge on any atom is 0.141 e. The highest BCUT2D eigenvalue weighted by Crippen LogP contribution is 2.31. The van der Waals surface area contributed by atoms with Crippen LogP contribution in [0, 0.1) is 12.7 Å². The van der Waals surface area contributed by atoms with Gasteiger partial charge in [-0.25, -0.2) is 4.39 Å². The summed E-state index contributed by atoms with van der Waals surface area (Å²) in [5, 5.41) is 4.10. The van der Waals surface area contributed by atoms with E-state index in [1.807, 2.05) is 13.0 Å². The molecule has 0 fully saturated rings. The van der Waals surface area contributed by atoms with Crippen molar-refractivity contribution in [3.05, 3.63) is 41.4 Å². The number of hydrogen-bond acceptors (Lipinski definition) is 2. The normalized spacial score (nSPS) is 16.2. The molecule has 0 spiro atoms. The largest absolute Gasteiger partial charge is 0.461 e. The Morgan fingerprint density at radius 2 is 2.18 bits per heavy atom. The molecule has 3 heteroatoms. The first-order valence-electron chi connectivity index (χ1n) is 5.84. The summed E-state index contributed by atoms with van der Waals surface area (Å²) in [6.07, 6.45) is 3.02. The summed E-state index contributed by atoms with van der Waals surface area (Å²) in [6, 6.07) is 4.98.